The number of rotatable bonds is 10. The molecule has 2 amide bonds. The molecule has 8 nitrogen and oxygen atoms in total. The molecule has 0 aliphatic carbocycles. The summed E-state index contributed by atoms with van der Waals surface area (Å²) in [5.41, 5.74) is 1.42. The number of amides is 2. The summed E-state index contributed by atoms with van der Waals surface area (Å²) in [7, 11) is 3.03. The first-order chi connectivity index (χ1) is 14.5. The molecule has 2 aromatic carbocycles. The van der Waals surface area contributed by atoms with E-state index in [1.54, 1.807) is 42.5 Å². The predicted molar refractivity (Wildman–Crippen MR) is 113 cm³/mol. The molecule has 0 aliphatic heterocycles. The lowest BCUT2D eigenvalue weighted by molar-refractivity contribution is 0.0499. The minimum atomic E-state index is -0.985. The zero-order valence-corrected chi connectivity index (χ0v) is 17.4. The second-order valence-corrected chi connectivity index (χ2v) is 6.53. The van der Waals surface area contributed by atoms with Gasteiger partial charge in [-0.2, -0.15) is 0 Å². The Morgan fingerprint density at radius 2 is 1.80 bits per heavy atom. The van der Waals surface area contributed by atoms with Gasteiger partial charge in [-0.3, -0.25) is 0 Å². The van der Waals surface area contributed by atoms with Crippen LogP contribution in [0.2, 0.25) is 0 Å². The molecule has 0 radical (unpaired) electrons. The fourth-order valence-corrected chi connectivity index (χ4v) is 2.66. The number of esters is 1. The lowest BCUT2D eigenvalue weighted by atomic mass is 10.1. The molecule has 0 heterocycles. The van der Waals surface area contributed by atoms with Crippen LogP contribution >= 0.6 is 0 Å². The highest BCUT2D eigenvalue weighted by atomic mass is 16.5. The van der Waals surface area contributed by atoms with Crippen molar-refractivity contribution in [2.24, 2.45) is 0 Å². The van der Waals surface area contributed by atoms with Crippen molar-refractivity contribution in [3.05, 3.63) is 53.6 Å². The molecule has 0 spiro atoms. The number of hydrogen-bond donors (Lipinski definition) is 3. The number of carbonyl (C=O) groups is 2. The lowest BCUT2D eigenvalue weighted by Crippen LogP contribution is -2.32. The number of methoxy groups -OCH3 is 2. The Labute approximate surface area is 176 Å². The van der Waals surface area contributed by atoms with E-state index in [1.807, 2.05) is 6.92 Å². The van der Waals surface area contributed by atoms with Gasteiger partial charge in [0.2, 0.25) is 0 Å². The third kappa shape index (κ3) is 6.66. The zero-order chi connectivity index (χ0) is 21.9. The van der Waals surface area contributed by atoms with Gasteiger partial charge in [-0.05, 0) is 48.9 Å². The molecule has 3 N–H and O–H groups in total. The fourth-order valence-electron chi connectivity index (χ4n) is 2.66. The summed E-state index contributed by atoms with van der Waals surface area (Å²) in [6, 6.07) is 11.0. The van der Waals surface area contributed by atoms with E-state index in [9.17, 15) is 14.7 Å². The molecule has 0 aliphatic rings. The number of anilines is 1. The van der Waals surface area contributed by atoms with Gasteiger partial charge in [-0.15, -0.1) is 0 Å². The molecule has 1 unspecified atom stereocenters. The van der Waals surface area contributed by atoms with Gasteiger partial charge in [0.05, 0.1) is 26.4 Å². The highest BCUT2D eigenvalue weighted by Gasteiger charge is 2.16. The van der Waals surface area contributed by atoms with Crippen molar-refractivity contribution in [2.75, 3.05) is 32.7 Å². The number of ether oxygens (including phenoxy) is 3. The van der Waals surface area contributed by atoms with E-state index in [4.69, 9.17) is 14.2 Å². The number of nitrogens with one attached hydrogen (secondary N) is 2. The van der Waals surface area contributed by atoms with Crippen molar-refractivity contribution in [2.45, 2.75) is 25.9 Å². The number of urea groups is 1. The van der Waals surface area contributed by atoms with Crippen molar-refractivity contribution < 1.29 is 28.9 Å². The third-order valence-corrected chi connectivity index (χ3v) is 4.36. The summed E-state index contributed by atoms with van der Waals surface area (Å²) in [6.07, 6.45) is 0.782. The molecule has 0 bridgehead atoms. The summed E-state index contributed by atoms with van der Waals surface area (Å²) >= 11 is 0. The van der Waals surface area contributed by atoms with E-state index in [0.29, 0.717) is 34.9 Å². The highest BCUT2D eigenvalue weighted by molar-refractivity contribution is 5.92. The topological polar surface area (TPSA) is 106 Å². The number of aliphatic hydroxyl groups excluding tert-OH is 1. The van der Waals surface area contributed by atoms with Crippen LogP contribution in [0.4, 0.5) is 10.5 Å². The lowest BCUT2D eigenvalue weighted by Gasteiger charge is -2.17. The van der Waals surface area contributed by atoms with Crippen LogP contribution in [0.1, 0.15) is 41.8 Å². The molecule has 8 heteroatoms. The summed E-state index contributed by atoms with van der Waals surface area (Å²) in [4.78, 5) is 24.0. The van der Waals surface area contributed by atoms with Gasteiger partial charge in [-0.1, -0.05) is 13.3 Å². The largest absolute Gasteiger partial charge is 0.497 e. The predicted octanol–water partition coefficient (Wildman–Crippen LogP) is 3.52. The van der Waals surface area contributed by atoms with Gasteiger partial charge >= 0.3 is 12.0 Å². The van der Waals surface area contributed by atoms with E-state index in [1.165, 1.54) is 14.2 Å². The molecule has 2 aromatic rings. The first-order valence-corrected chi connectivity index (χ1v) is 9.70. The summed E-state index contributed by atoms with van der Waals surface area (Å²) < 4.78 is 15.6. The average Bonchev–Trinajstić information content (AvgIpc) is 2.77. The minimum Gasteiger partial charge on any atom is -0.497 e. The monoisotopic (exact) mass is 416 g/mol. The second kappa shape index (κ2) is 11.7. The maximum Gasteiger partial charge on any atom is 0.338 e. The minimum absolute atomic E-state index is 0.0306. The van der Waals surface area contributed by atoms with Gasteiger partial charge < -0.3 is 30.0 Å². The van der Waals surface area contributed by atoms with Crippen LogP contribution in [0.25, 0.3) is 0 Å². The normalized spacial score (nSPS) is 11.3. The smallest absolute Gasteiger partial charge is 0.338 e. The second-order valence-electron chi connectivity index (χ2n) is 6.53. The Morgan fingerprint density at radius 1 is 1.07 bits per heavy atom. The zero-order valence-electron chi connectivity index (χ0n) is 17.4. The number of aliphatic hydroxyl groups is 1. The maximum atomic E-state index is 12.1. The maximum absolute atomic E-state index is 12.1. The Kier molecular flexibility index (Phi) is 8.96. The van der Waals surface area contributed by atoms with Crippen LogP contribution in [0, 0.1) is 0 Å². The van der Waals surface area contributed by atoms with Gasteiger partial charge in [0.1, 0.15) is 17.6 Å². The number of hydrogen-bond acceptors (Lipinski definition) is 6. The Hall–Kier alpha value is -3.26. The van der Waals surface area contributed by atoms with Crippen molar-refractivity contribution >= 4 is 17.7 Å². The summed E-state index contributed by atoms with van der Waals surface area (Å²) in [5.74, 6) is 0.671. The molecule has 30 heavy (non-hydrogen) atoms. The molecule has 0 saturated heterocycles. The van der Waals surface area contributed by atoms with E-state index in [2.05, 4.69) is 10.6 Å². The molecule has 0 aromatic heterocycles. The van der Waals surface area contributed by atoms with Crippen molar-refractivity contribution in [1.82, 2.24) is 5.32 Å². The molecule has 0 fully saturated rings. The fraction of sp³-hybridized carbons (Fsp3) is 0.364. The molecule has 0 saturated carbocycles. The molecule has 2 rings (SSSR count). The Morgan fingerprint density at radius 3 is 2.43 bits per heavy atom. The van der Waals surface area contributed by atoms with Crippen molar-refractivity contribution in [3.8, 4) is 11.5 Å². The Bertz CT molecular complexity index is 838. The molecule has 162 valence electrons. The van der Waals surface area contributed by atoms with Crippen LogP contribution < -0.4 is 20.1 Å². The van der Waals surface area contributed by atoms with Crippen LogP contribution in [-0.4, -0.2) is 44.5 Å². The van der Waals surface area contributed by atoms with E-state index in [0.717, 1.165) is 12.8 Å². The number of unbranched alkanes of at least 4 members (excludes halogenated alkanes) is 1. The van der Waals surface area contributed by atoms with Crippen molar-refractivity contribution in [3.63, 3.8) is 0 Å². The Balaban J connectivity index is 1.88. The van der Waals surface area contributed by atoms with Crippen LogP contribution in [0.5, 0.6) is 11.5 Å². The molecular formula is C22H28N2O6. The van der Waals surface area contributed by atoms with E-state index < -0.39 is 18.1 Å². The molecule has 1 atom stereocenters. The number of benzene rings is 2. The van der Waals surface area contributed by atoms with Crippen LogP contribution in [-0.2, 0) is 4.74 Å². The van der Waals surface area contributed by atoms with Gasteiger partial charge in [0.15, 0.2) is 0 Å². The quantitative estimate of drug-likeness (QED) is 0.404. The molecular weight excluding hydrogens is 388 g/mol. The summed E-state index contributed by atoms with van der Waals surface area (Å²) in [6.45, 7) is 2.38. The van der Waals surface area contributed by atoms with Gasteiger partial charge in [-0.25, -0.2) is 9.59 Å². The van der Waals surface area contributed by atoms with Crippen LogP contribution in [0.15, 0.2) is 42.5 Å². The average molecular weight is 416 g/mol. The standard InChI is InChI=1S/C22H28N2O6/c1-4-5-12-30-21(26)15-6-8-16(9-7-15)24-22(27)23-14-19(25)18-13-17(28-2)10-11-20(18)29-3/h6-11,13,19,25H,4-5,12,14H2,1-3H3,(H2,23,24,27). The SMILES string of the molecule is CCCCOC(=O)c1ccc(NC(=O)NCC(O)c2cc(OC)ccc2OC)cc1. The number of carbonyl (C=O) groups excluding carboxylic acids is 2. The van der Waals surface area contributed by atoms with E-state index >= 15 is 0 Å². The third-order valence-electron chi connectivity index (χ3n) is 4.36. The van der Waals surface area contributed by atoms with Crippen LogP contribution in [0.3, 0.4) is 0 Å². The van der Waals surface area contributed by atoms with Crippen molar-refractivity contribution in [1.29, 1.82) is 0 Å². The van der Waals surface area contributed by atoms with E-state index in [-0.39, 0.29) is 6.54 Å². The van der Waals surface area contributed by atoms with Gasteiger partial charge in [0.25, 0.3) is 0 Å². The first-order valence-electron chi connectivity index (χ1n) is 9.70. The first kappa shape index (κ1) is 23.0. The van der Waals surface area contributed by atoms with Gasteiger partial charge in [0, 0.05) is 17.8 Å². The highest BCUT2D eigenvalue weighted by Crippen LogP contribution is 2.29. The summed E-state index contributed by atoms with van der Waals surface area (Å²) in [5, 5.41) is 15.7.